The molecule has 2 rings (SSSR count). The number of sulfonamides is 1. The molecule has 114 valence electrons. The Hall–Kier alpha value is -1.38. The molecular weight excluding hydrogens is 284 g/mol. The Morgan fingerprint density at radius 2 is 2.00 bits per heavy atom. The highest BCUT2D eigenvalue weighted by atomic mass is 32.2. The van der Waals surface area contributed by atoms with Gasteiger partial charge in [-0.25, -0.2) is 8.42 Å². The van der Waals surface area contributed by atoms with E-state index in [1.807, 2.05) is 19.9 Å². The van der Waals surface area contributed by atoms with E-state index in [0.717, 1.165) is 25.7 Å². The highest BCUT2D eigenvalue weighted by molar-refractivity contribution is 7.89. The molecule has 4 nitrogen and oxygen atoms in total. The predicted octanol–water partition coefficient (Wildman–Crippen LogP) is 3.15. The molecule has 1 aliphatic carbocycles. The molecule has 0 aliphatic heterocycles. The summed E-state index contributed by atoms with van der Waals surface area (Å²) < 4.78 is 27.5. The standard InChI is InChI=1S/C16H22N2O2S/c1-13(2)12-18(15-7-3-4-8-15)21(19,20)16-9-5-6-14(10-16)11-17/h5-6,9-10,13,15H,3-4,7-8,12H2,1-2H3. The first-order valence-corrected chi connectivity index (χ1v) is 8.91. The van der Waals surface area contributed by atoms with E-state index in [9.17, 15) is 8.42 Å². The molecular formula is C16H22N2O2S. The van der Waals surface area contributed by atoms with Gasteiger partial charge in [0.1, 0.15) is 0 Å². The van der Waals surface area contributed by atoms with Crippen LogP contribution in [-0.4, -0.2) is 25.3 Å². The third-order valence-electron chi connectivity index (χ3n) is 3.85. The lowest BCUT2D eigenvalue weighted by Gasteiger charge is -2.29. The summed E-state index contributed by atoms with van der Waals surface area (Å²) in [7, 11) is -3.53. The van der Waals surface area contributed by atoms with Gasteiger partial charge in [-0.05, 0) is 37.0 Å². The molecule has 1 fully saturated rings. The van der Waals surface area contributed by atoms with Crippen LogP contribution >= 0.6 is 0 Å². The fraction of sp³-hybridized carbons (Fsp3) is 0.562. The van der Waals surface area contributed by atoms with Crippen LogP contribution in [0.4, 0.5) is 0 Å². The van der Waals surface area contributed by atoms with Gasteiger partial charge in [-0.3, -0.25) is 0 Å². The molecule has 0 atom stereocenters. The average molecular weight is 306 g/mol. The highest BCUT2D eigenvalue weighted by Crippen LogP contribution is 2.29. The van der Waals surface area contributed by atoms with Crippen molar-refractivity contribution in [2.75, 3.05) is 6.54 Å². The summed E-state index contributed by atoms with van der Waals surface area (Å²) >= 11 is 0. The number of nitrogens with zero attached hydrogens (tertiary/aromatic N) is 2. The molecule has 0 spiro atoms. The van der Waals surface area contributed by atoms with Gasteiger partial charge in [-0.2, -0.15) is 9.57 Å². The van der Waals surface area contributed by atoms with Crippen LogP contribution in [0.1, 0.15) is 45.1 Å². The zero-order valence-electron chi connectivity index (χ0n) is 12.6. The molecule has 0 unspecified atom stereocenters. The van der Waals surface area contributed by atoms with Crippen molar-refractivity contribution >= 4 is 10.0 Å². The molecule has 0 aromatic heterocycles. The summed E-state index contributed by atoms with van der Waals surface area (Å²) in [5.74, 6) is 0.277. The van der Waals surface area contributed by atoms with Gasteiger partial charge in [0.25, 0.3) is 0 Å². The molecule has 21 heavy (non-hydrogen) atoms. The van der Waals surface area contributed by atoms with Gasteiger partial charge < -0.3 is 0 Å². The first-order valence-electron chi connectivity index (χ1n) is 7.47. The second-order valence-corrected chi connectivity index (χ2v) is 7.94. The Morgan fingerprint density at radius 3 is 2.57 bits per heavy atom. The van der Waals surface area contributed by atoms with Gasteiger partial charge in [0.15, 0.2) is 0 Å². The maximum atomic E-state index is 12.9. The van der Waals surface area contributed by atoms with E-state index in [1.165, 1.54) is 6.07 Å². The van der Waals surface area contributed by atoms with Crippen LogP contribution in [0.25, 0.3) is 0 Å². The summed E-state index contributed by atoms with van der Waals surface area (Å²) in [6, 6.07) is 8.42. The largest absolute Gasteiger partial charge is 0.243 e. The maximum absolute atomic E-state index is 12.9. The number of nitriles is 1. The molecule has 1 aliphatic rings. The van der Waals surface area contributed by atoms with E-state index in [4.69, 9.17) is 5.26 Å². The van der Waals surface area contributed by atoms with E-state index in [1.54, 1.807) is 22.5 Å². The minimum atomic E-state index is -3.53. The third kappa shape index (κ3) is 3.63. The fourth-order valence-electron chi connectivity index (χ4n) is 2.86. The van der Waals surface area contributed by atoms with Gasteiger partial charge in [0, 0.05) is 12.6 Å². The first-order chi connectivity index (χ1) is 9.95. The summed E-state index contributed by atoms with van der Waals surface area (Å²) in [5, 5.41) is 8.96. The van der Waals surface area contributed by atoms with Gasteiger partial charge in [-0.1, -0.05) is 32.8 Å². The Morgan fingerprint density at radius 1 is 1.33 bits per heavy atom. The van der Waals surface area contributed by atoms with Crippen LogP contribution in [0, 0.1) is 17.2 Å². The Labute approximate surface area is 127 Å². The lowest BCUT2D eigenvalue weighted by Crippen LogP contribution is -2.41. The van der Waals surface area contributed by atoms with Crippen molar-refractivity contribution in [3.63, 3.8) is 0 Å². The lowest BCUT2D eigenvalue weighted by atomic mass is 10.2. The summed E-state index contributed by atoms with van der Waals surface area (Å²) in [6.45, 7) is 4.59. The quantitative estimate of drug-likeness (QED) is 0.839. The SMILES string of the molecule is CC(C)CN(C1CCCC1)S(=O)(=O)c1cccc(C#N)c1. The summed E-state index contributed by atoms with van der Waals surface area (Å²) in [5.41, 5.74) is 0.381. The second kappa shape index (κ2) is 6.59. The highest BCUT2D eigenvalue weighted by Gasteiger charge is 2.33. The van der Waals surface area contributed by atoms with Crippen molar-refractivity contribution < 1.29 is 8.42 Å². The Balaban J connectivity index is 2.38. The second-order valence-electron chi connectivity index (χ2n) is 6.05. The van der Waals surface area contributed by atoms with E-state index in [2.05, 4.69) is 0 Å². The van der Waals surface area contributed by atoms with E-state index >= 15 is 0 Å². The van der Waals surface area contributed by atoms with Crippen LogP contribution < -0.4 is 0 Å². The normalized spacial score (nSPS) is 16.5. The van der Waals surface area contributed by atoms with Crippen molar-refractivity contribution in [3.8, 4) is 6.07 Å². The third-order valence-corrected chi connectivity index (χ3v) is 5.76. The zero-order chi connectivity index (χ0) is 15.5. The van der Waals surface area contributed by atoms with Crippen LogP contribution in [-0.2, 0) is 10.0 Å². The van der Waals surface area contributed by atoms with Gasteiger partial charge in [0.05, 0.1) is 16.5 Å². The summed E-state index contributed by atoms with van der Waals surface area (Å²) in [4.78, 5) is 0.231. The van der Waals surface area contributed by atoms with Crippen LogP contribution in [0.5, 0.6) is 0 Å². The van der Waals surface area contributed by atoms with Crippen molar-refractivity contribution in [2.45, 2.75) is 50.5 Å². The van der Waals surface area contributed by atoms with Crippen LogP contribution in [0.3, 0.4) is 0 Å². The number of hydrogen-bond acceptors (Lipinski definition) is 3. The summed E-state index contributed by atoms with van der Waals surface area (Å²) in [6.07, 6.45) is 4.05. The van der Waals surface area contributed by atoms with Crippen molar-refractivity contribution in [1.29, 1.82) is 5.26 Å². The Bertz CT molecular complexity index is 626. The molecule has 0 radical (unpaired) electrons. The zero-order valence-corrected chi connectivity index (χ0v) is 13.4. The van der Waals surface area contributed by atoms with Gasteiger partial charge in [0.2, 0.25) is 10.0 Å². The van der Waals surface area contributed by atoms with Crippen molar-refractivity contribution in [3.05, 3.63) is 29.8 Å². The molecule has 5 heteroatoms. The van der Waals surface area contributed by atoms with E-state index in [0.29, 0.717) is 12.1 Å². The topological polar surface area (TPSA) is 61.2 Å². The lowest BCUT2D eigenvalue weighted by molar-refractivity contribution is 0.292. The first kappa shape index (κ1) is 16.0. The molecule has 0 saturated heterocycles. The molecule has 0 heterocycles. The molecule has 0 amide bonds. The number of benzene rings is 1. The fourth-order valence-corrected chi connectivity index (χ4v) is 4.75. The monoisotopic (exact) mass is 306 g/mol. The van der Waals surface area contributed by atoms with E-state index < -0.39 is 10.0 Å². The van der Waals surface area contributed by atoms with Gasteiger partial charge >= 0.3 is 0 Å². The molecule has 1 aromatic carbocycles. The average Bonchev–Trinajstić information content (AvgIpc) is 2.98. The molecule has 0 bridgehead atoms. The molecule has 0 N–H and O–H groups in total. The van der Waals surface area contributed by atoms with Crippen molar-refractivity contribution in [1.82, 2.24) is 4.31 Å². The maximum Gasteiger partial charge on any atom is 0.243 e. The minimum absolute atomic E-state index is 0.100. The van der Waals surface area contributed by atoms with Gasteiger partial charge in [-0.15, -0.1) is 0 Å². The molecule has 1 aromatic rings. The minimum Gasteiger partial charge on any atom is -0.207 e. The Kier molecular flexibility index (Phi) is 5.02. The van der Waals surface area contributed by atoms with Crippen LogP contribution in [0.2, 0.25) is 0 Å². The molecule has 1 saturated carbocycles. The van der Waals surface area contributed by atoms with Crippen molar-refractivity contribution in [2.24, 2.45) is 5.92 Å². The predicted molar refractivity (Wildman–Crippen MR) is 82.1 cm³/mol. The smallest absolute Gasteiger partial charge is 0.207 e. The number of hydrogen-bond donors (Lipinski definition) is 0. The number of rotatable bonds is 5. The van der Waals surface area contributed by atoms with E-state index in [-0.39, 0.29) is 16.9 Å². The van der Waals surface area contributed by atoms with Crippen LogP contribution in [0.15, 0.2) is 29.2 Å².